The first-order valence-electron chi connectivity index (χ1n) is 13.7. The van der Waals surface area contributed by atoms with Crippen LogP contribution in [-0.2, 0) is 9.59 Å². The highest BCUT2D eigenvalue weighted by atomic mass is 35.5. The summed E-state index contributed by atoms with van der Waals surface area (Å²) in [5, 5.41) is 50.6. The van der Waals surface area contributed by atoms with E-state index in [1.165, 1.54) is 9.80 Å². The first-order valence-corrected chi connectivity index (χ1v) is 14.4. The Morgan fingerprint density at radius 1 is 0.690 bits per heavy atom. The first kappa shape index (κ1) is 27.7. The second-order valence-electron chi connectivity index (χ2n) is 11.5. The van der Waals surface area contributed by atoms with Crippen LogP contribution in [0.25, 0.3) is 0 Å². The third-order valence-electron chi connectivity index (χ3n) is 8.93. The molecule has 218 valence electrons. The van der Waals surface area contributed by atoms with Crippen molar-refractivity contribution < 1.29 is 29.1 Å². The zero-order valence-corrected chi connectivity index (χ0v) is 23.7. The molecule has 1 aromatic heterocycles. The van der Waals surface area contributed by atoms with Crippen molar-refractivity contribution in [3.8, 4) is 0 Å². The number of aromatic nitrogens is 1. The van der Waals surface area contributed by atoms with Gasteiger partial charge in [0, 0.05) is 22.9 Å². The number of halogens is 2. The molecule has 7 rings (SSSR count). The van der Waals surface area contributed by atoms with Gasteiger partial charge in [-0.1, -0.05) is 29.3 Å². The normalized spacial score (nSPS) is 35.7. The molecule has 0 aliphatic carbocycles. The predicted octanol–water partition coefficient (Wildman–Crippen LogP) is 3.37. The molecule has 4 aliphatic heterocycles. The number of carbonyl (C=O) groups is 2. The third-order valence-corrected chi connectivity index (χ3v) is 9.43. The molecule has 13 heteroatoms. The van der Waals surface area contributed by atoms with Crippen LogP contribution in [0.5, 0.6) is 0 Å². The number of aliphatic hydroxyl groups is 2. The molecule has 2 N–H and O–H groups in total. The van der Waals surface area contributed by atoms with E-state index >= 15 is 0 Å². The van der Waals surface area contributed by atoms with E-state index in [-0.39, 0.29) is 37.3 Å². The molecule has 0 spiro atoms. The van der Waals surface area contributed by atoms with Crippen LogP contribution in [0.3, 0.4) is 0 Å². The molecule has 8 atom stereocenters. The van der Waals surface area contributed by atoms with Gasteiger partial charge in [0.15, 0.2) is 12.1 Å². The summed E-state index contributed by atoms with van der Waals surface area (Å²) in [6.07, 6.45) is -4.17. The van der Waals surface area contributed by atoms with Crippen molar-refractivity contribution in [2.75, 3.05) is 22.9 Å². The van der Waals surface area contributed by atoms with Gasteiger partial charge in [0.05, 0.1) is 11.4 Å². The minimum Gasteiger partial charge on any atom is -0.630 e. The fourth-order valence-electron chi connectivity index (χ4n) is 7.21. The lowest BCUT2D eigenvalue weighted by Crippen LogP contribution is -2.48. The Bertz CT molecular complexity index is 1460. The van der Waals surface area contributed by atoms with Crippen LogP contribution in [0, 0.1) is 10.4 Å². The van der Waals surface area contributed by atoms with E-state index in [2.05, 4.69) is 0 Å². The van der Waals surface area contributed by atoms with Crippen LogP contribution in [0.15, 0.2) is 66.7 Å². The Balaban J connectivity index is 1.37. The molecule has 42 heavy (non-hydrogen) atoms. The van der Waals surface area contributed by atoms with Gasteiger partial charge in [-0.3, -0.25) is 19.4 Å². The minimum atomic E-state index is -1.15. The molecular formula is C29H27Cl2N5O6. The number of benzene rings is 2. The van der Waals surface area contributed by atoms with Crippen molar-refractivity contribution in [2.24, 2.45) is 0 Å². The van der Waals surface area contributed by atoms with Gasteiger partial charge in [0.2, 0.25) is 12.3 Å². The second-order valence-corrected chi connectivity index (χ2v) is 12.4. The topological polar surface area (TPSA) is 140 Å². The van der Waals surface area contributed by atoms with Crippen LogP contribution >= 0.6 is 23.2 Å². The SMILES string of the molecule is O=C1C2CC(O)C[N@+]2([O-])C(c2cccc(C3N(c4ccc(Cl)cc4)C(=O)C4CC(O)C[N@@+]43[O-])n2)N1c1ccc(Cl)cc1. The minimum absolute atomic E-state index is 0.0181. The van der Waals surface area contributed by atoms with Crippen molar-refractivity contribution in [1.29, 1.82) is 0 Å². The predicted molar refractivity (Wildman–Crippen MR) is 153 cm³/mol. The molecule has 3 aromatic rings. The van der Waals surface area contributed by atoms with Gasteiger partial charge < -0.3 is 29.9 Å². The average molecular weight is 612 g/mol. The van der Waals surface area contributed by atoms with Crippen LogP contribution in [0.4, 0.5) is 11.4 Å². The molecule has 4 aliphatic rings. The van der Waals surface area contributed by atoms with E-state index in [1.54, 1.807) is 66.7 Å². The van der Waals surface area contributed by atoms with E-state index in [4.69, 9.17) is 28.2 Å². The zero-order valence-electron chi connectivity index (χ0n) is 22.2. The van der Waals surface area contributed by atoms with Crippen molar-refractivity contribution in [2.45, 2.75) is 49.5 Å². The maximum Gasteiger partial charge on any atom is 0.290 e. The molecule has 4 saturated heterocycles. The molecule has 5 heterocycles. The van der Waals surface area contributed by atoms with Crippen molar-refractivity contribution in [3.63, 3.8) is 0 Å². The van der Waals surface area contributed by atoms with Crippen LogP contribution < -0.4 is 9.80 Å². The quantitative estimate of drug-likeness (QED) is 0.340. The molecule has 2 amide bonds. The summed E-state index contributed by atoms with van der Waals surface area (Å²) in [5.74, 6) is -0.870. The summed E-state index contributed by atoms with van der Waals surface area (Å²) in [5.41, 5.74) is 1.35. The van der Waals surface area contributed by atoms with E-state index in [0.717, 1.165) is 0 Å². The Hall–Kier alpha value is -3.13. The Morgan fingerprint density at radius 2 is 1.07 bits per heavy atom. The maximum absolute atomic E-state index is 14.4. The summed E-state index contributed by atoms with van der Waals surface area (Å²) in [6.45, 7) is -0.405. The highest BCUT2D eigenvalue weighted by molar-refractivity contribution is 6.31. The number of aliphatic hydroxyl groups excluding tert-OH is 2. The number of anilines is 2. The van der Waals surface area contributed by atoms with E-state index in [0.29, 0.717) is 21.4 Å². The van der Waals surface area contributed by atoms with Crippen molar-refractivity contribution >= 4 is 46.4 Å². The summed E-state index contributed by atoms with van der Waals surface area (Å²) < 4.78 is -2.05. The highest BCUT2D eigenvalue weighted by Crippen LogP contribution is 2.50. The summed E-state index contributed by atoms with van der Waals surface area (Å²) in [4.78, 5) is 35.0. The molecule has 0 bridgehead atoms. The number of hydroxylamine groups is 6. The number of hydrogen-bond donors (Lipinski definition) is 2. The number of rotatable bonds is 4. The van der Waals surface area contributed by atoms with Crippen LogP contribution in [0.1, 0.15) is 36.6 Å². The summed E-state index contributed by atoms with van der Waals surface area (Å²) >= 11 is 12.2. The van der Waals surface area contributed by atoms with Gasteiger partial charge in [-0.05, 0) is 60.7 Å². The molecule has 6 unspecified atom stereocenters. The van der Waals surface area contributed by atoms with E-state index in [9.17, 15) is 30.2 Å². The lowest BCUT2D eigenvalue weighted by molar-refractivity contribution is -0.907. The van der Waals surface area contributed by atoms with E-state index < -0.39 is 57.7 Å². The Kier molecular flexibility index (Phi) is 6.39. The molecule has 4 fully saturated rings. The van der Waals surface area contributed by atoms with Gasteiger partial charge in [-0.15, -0.1) is 0 Å². The smallest absolute Gasteiger partial charge is 0.290 e. The number of pyridine rings is 1. The van der Waals surface area contributed by atoms with Gasteiger partial charge in [-0.2, -0.15) is 0 Å². The number of hydrogen-bond acceptors (Lipinski definition) is 7. The monoisotopic (exact) mass is 611 g/mol. The largest absolute Gasteiger partial charge is 0.630 e. The zero-order chi connectivity index (χ0) is 29.6. The number of amides is 2. The summed E-state index contributed by atoms with van der Waals surface area (Å²) in [6, 6.07) is 15.9. The van der Waals surface area contributed by atoms with Gasteiger partial charge in [0.1, 0.15) is 36.7 Å². The second kappa shape index (κ2) is 9.69. The number of carbonyl (C=O) groups excluding carboxylic acids is 2. The number of nitrogens with zero attached hydrogens (tertiary/aromatic N) is 5. The lowest BCUT2D eigenvalue weighted by Gasteiger charge is -2.45. The van der Waals surface area contributed by atoms with Crippen LogP contribution in [-0.4, -0.2) is 73.7 Å². The lowest BCUT2D eigenvalue weighted by atomic mass is 10.1. The van der Waals surface area contributed by atoms with Crippen molar-refractivity contribution in [3.05, 3.63) is 98.6 Å². The highest BCUT2D eigenvalue weighted by Gasteiger charge is 2.63. The molecule has 0 radical (unpaired) electrons. The number of quaternary nitrogens is 2. The fraction of sp³-hybridized carbons (Fsp3) is 0.345. The maximum atomic E-state index is 14.4. The molecule has 11 nitrogen and oxygen atoms in total. The molecular weight excluding hydrogens is 585 g/mol. The van der Waals surface area contributed by atoms with Crippen molar-refractivity contribution in [1.82, 2.24) is 4.98 Å². The fourth-order valence-corrected chi connectivity index (χ4v) is 7.46. The van der Waals surface area contributed by atoms with E-state index in [1.807, 2.05) is 0 Å². The summed E-state index contributed by atoms with van der Waals surface area (Å²) in [7, 11) is 0. The number of fused-ring (bicyclic) bond motifs is 2. The average Bonchev–Trinajstić information content (AvgIpc) is 3.57. The van der Waals surface area contributed by atoms with Gasteiger partial charge in [-0.25, -0.2) is 4.98 Å². The van der Waals surface area contributed by atoms with Gasteiger partial charge in [0.25, 0.3) is 11.8 Å². The van der Waals surface area contributed by atoms with Gasteiger partial charge >= 0.3 is 0 Å². The first-order chi connectivity index (χ1) is 20.0. The Morgan fingerprint density at radius 3 is 1.45 bits per heavy atom. The molecule has 0 saturated carbocycles. The molecule has 2 aromatic carbocycles. The third kappa shape index (κ3) is 4.00. The Labute approximate surface area is 251 Å². The van der Waals surface area contributed by atoms with Crippen LogP contribution in [0.2, 0.25) is 10.0 Å². The standard InChI is InChI=1S/C29H27Cl2N5O6/c30-16-4-8-18(9-5-16)33-26(35(41)14-20(37)12-24(35)28(33)39)22-2-1-3-23(32-22)27-34(19-10-6-17(31)7-11-19)29(40)25-13-21(38)15-36(25,27)42/h1-11,20-21,24-27,37-38H,12-15H2/t20?,21?,24?,25?,26?,27?,35-,36-/m1/s1.